The molecule has 6 heteroatoms. The molecule has 0 aliphatic heterocycles. The predicted octanol–water partition coefficient (Wildman–Crippen LogP) is -0.289. The molecule has 4 nitrogen and oxygen atoms in total. The van der Waals surface area contributed by atoms with Crippen molar-refractivity contribution in [1.82, 2.24) is 0 Å². The molecule has 0 aliphatic carbocycles. The lowest BCUT2D eigenvalue weighted by Gasteiger charge is -2.19. The Kier molecular flexibility index (Phi) is 8.85. The topological polar surface area (TPSA) is 38.3 Å². The quantitative estimate of drug-likeness (QED) is 0.389. The van der Waals surface area contributed by atoms with Gasteiger partial charge in [-0.15, -0.1) is 0 Å². The Morgan fingerprint density at radius 2 is 1.85 bits per heavy atom. The fraction of sp³-hybridized carbons (Fsp3) is 0.357. The summed E-state index contributed by atoms with van der Waals surface area (Å²) >= 11 is 3.32. The summed E-state index contributed by atoms with van der Waals surface area (Å²) in [6.45, 7) is 0.819. The van der Waals surface area contributed by atoms with Crippen LogP contribution in [0.2, 0.25) is 0 Å². The number of amides is 1. The SMILES string of the molecule is C[N+](C)(C)CC#CCOC(=O)Nc1ccc(Br)cc1.[I-]. The maximum Gasteiger partial charge on any atom is 0.412 e. The fourth-order valence-electron chi connectivity index (χ4n) is 1.13. The maximum atomic E-state index is 11.4. The fourth-order valence-corrected chi connectivity index (χ4v) is 1.40. The van der Waals surface area contributed by atoms with Gasteiger partial charge in [0.25, 0.3) is 0 Å². The Balaban J connectivity index is 0.00000361. The summed E-state index contributed by atoms with van der Waals surface area (Å²) in [5.41, 5.74) is 0.688. The van der Waals surface area contributed by atoms with Gasteiger partial charge in [0.1, 0.15) is 6.54 Å². The van der Waals surface area contributed by atoms with Crippen LogP contribution in [-0.4, -0.2) is 44.9 Å². The van der Waals surface area contributed by atoms with Crippen LogP contribution >= 0.6 is 15.9 Å². The molecule has 110 valence electrons. The summed E-state index contributed by atoms with van der Waals surface area (Å²) in [4.78, 5) is 11.4. The third kappa shape index (κ3) is 9.18. The molecule has 0 aliphatic rings. The van der Waals surface area contributed by atoms with Crippen molar-refractivity contribution >= 4 is 27.7 Å². The molecule has 0 radical (unpaired) electrons. The number of anilines is 1. The zero-order valence-electron chi connectivity index (χ0n) is 11.7. The summed E-state index contributed by atoms with van der Waals surface area (Å²) < 4.78 is 6.67. The monoisotopic (exact) mass is 452 g/mol. The first kappa shape index (κ1) is 19.2. The molecule has 0 bridgehead atoms. The van der Waals surface area contributed by atoms with Crippen LogP contribution in [-0.2, 0) is 4.74 Å². The minimum Gasteiger partial charge on any atom is -1.00 e. The molecule has 0 atom stereocenters. The second-order valence-electron chi connectivity index (χ2n) is 5.01. The molecule has 1 amide bonds. The van der Waals surface area contributed by atoms with E-state index < -0.39 is 6.09 Å². The summed E-state index contributed by atoms with van der Waals surface area (Å²) in [6.07, 6.45) is -0.498. The first-order valence-electron chi connectivity index (χ1n) is 5.82. The third-order valence-corrected chi connectivity index (χ3v) is 2.57. The second kappa shape index (κ2) is 9.21. The van der Waals surface area contributed by atoms with Crippen LogP contribution in [0.15, 0.2) is 28.7 Å². The van der Waals surface area contributed by atoms with Crippen molar-refractivity contribution < 1.29 is 38.0 Å². The van der Waals surface area contributed by atoms with E-state index in [0.29, 0.717) is 5.69 Å². The van der Waals surface area contributed by atoms with E-state index >= 15 is 0 Å². The van der Waals surface area contributed by atoms with Gasteiger partial charge in [0.05, 0.1) is 21.1 Å². The Labute approximate surface area is 145 Å². The number of carbonyl (C=O) groups excluding carboxylic acids is 1. The van der Waals surface area contributed by atoms with Crippen LogP contribution in [0.1, 0.15) is 0 Å². The van der Waals surface area contributed by atoms with E-state index in [0.717, 1.165) is 15.5 Å². The van der Waals surface area contributed by atoms with Gasteiger partial charge in [0, 0.05) is 10.2 Å². The molecule has 0 saturated carbocycles. The van der Waals surface area contributed by atoms with E-state index in [1.165, 1.54) is 0 Å². The van der Waals surface area contributed by atoms with Crippen LogP contribution in [0.4, 0.5) is 10.5 Å². The smallest absolute Gasteiger partial charge is 0.412 e. The number of benzene rings is 1. The molecule has 0 aromatic heterocycles. The summed E-state index contributed by atoms with van der Waals surface area (Å²) in [6, 6.07) is 7.26. The Hall–Kier alpha value is -0.780. The normalized spacial score (nSPS) is 9.80. The molecule has 1 aromatic rings. The first-order chi connectivity index (χ1) is 8.87. The van der Waals surface area contributed by atoms with E-state index in [9.17, 15) is 4.79 Å². The molecule has 0 saturated heterocycles. The van der Waals surface area contributed by atoms with Gasteiger partial charge in [-0.1, -0.05) is 21.9 Å². The van der Waals surface area contributed by atoms with E-state index in [1.807, 2.05) is 12.1 Å². The van der Waals surface area contributed by atoms with Crippen LogP contribution in [0.25, 0.3) is 0 Å². The Morgan fingerprint density at radius 1 is 1.25 bits per heavy atom. The standard InChI is InChI=1S/C14H17BrN2O2.HI/c1-17(2,3)10-4-5-11-19-14(18)16-13-8-6-12(15)7-9-13;/h6-9H,10-11H2,1-3H3;1H. The number of nitrogens with zero attached hydrogens (tertiary/aromatic N) is 1. The van der Waals surface area contributed by atoms with Gasteiger partial charge in [-0.2, -0.15) is 0 Å². The lowest BCUT2D eigenvalue weighted by molar-refractivity contribution is -0.862. The average molecular weight is 453 g/mol. The van der Waals surface area contributed by atoms with E-state index in [4.69, 9.17) is 4.74 Å². The number of carbonyl (C=O) groups is 1. The molecule has 0 spiro atoms. The van der Waals surface area contributed by atoms with Crippen molar-refractivity contribution in [2.24, 2.45) is 0 Å². The van der Waals surface area contributed by atoms with Crippen molar-refractivity contribution in [3.63, 3.8) is 0 Å². The van der Waals surface area contributed by atoms with Crippen molar-refractivity contribution in [2.45, 2.75) is 0 Å². The highest BCUT2D eigenvalue weighted by Gasteiger charge is 2.03. The van der Waals surface area contributed by atoms with E-state index in [-0.39, 0.29) is 30.6 Å². The number of halogens is 2. The molecule has 1 N–H and O–H groups in total. The van der Waals surface area contributed by atoms with Crippen LogP contribution in [0.5, 0.6) is 0 Å². The number of rotatable bonds is 3. The van der Waals surface area contributed by atoms with Gasteiger partial charge >= 0.3 is 6.09 Å². The van der Waals surface area contributed by atoms with Gasteiger partial charge in [-0.05, 0) is 30.2 Å². The molecule has 0 fully saturated rings. The van der Waals surface area contributed by atoms with Crippen molar-refractivity contribution in [1.29, 1.82) is 0 Å². The van der Waals surface area contributed by atoms with Gasteiger partial charge in [0.2, 0.25) is 0 Å². The largest absolute Gasteiger partial charge is 1.00 e. The third-order valence-electron chi connectivity index (χ3n) is 2.04. The van der Waals surface area contributed by atoms with E-state index in [2.05, 4.69) is 54.2 Å². The Bertz CT molecular complexity index is 487. The molecule has 20 heavy (non-hydrogen) atoms. The number of nitrogens with one attached hydrogen (secondary N) is 1. The Morgan fingerprint density at radius 3 is 2.40 bits per heavy atom. The molecule has 1 aromatic carbocycles. The van der Waals surface area contributed by atoms with Crippen molar-refractivity contribution in [2.75, 3.05) is 39.6 Å². The molecule has 0 unspecified atom stereocenters. The predicted molar refractivity (Wildman–Crippen MR) is 79.8 cm³/mol. The summed E-state index contributed by atoms with van der Waals surface area (Å²) in [5.74, 6) is 5.77. The molecule has 1 rings (SSSR count). The highest BCUT2D eigenvalue weighted by Crippen LogP contribution is 2.14. The minimum atomic E-state index is -0.498. The zero-order chi connectivity index (χ0) is 14.3. The van der Waals surface area contributed by atoms with Crippen LogP contribution in [0, 0.1) is 11.8 Å². The molecular formula is C14H18BrIN2O2. The highest BCUT2D eigenvalue weighted by atomic mass is 127. The number of hydrogen-bond acceptors (Lipinski definition) is 2. The zero-order valence-corrected chi connectivity index (χ0v) is 15.5. The summed E-state index contributed by atoms with van der Waals surface area (Å²) in [7, 11) is 6.15. The van der Waals surface area contributed by atoms with Gasteiger partial charge < -0.3 is 33.2 Å². The lowest BCUT2D eigenvalue weighted by atomic mass is 10.3. The second-order valence-corrected chi connectivity index (χ2v) is 5.93. The average Bonchev–Trinajstić information content (AvgIpc) is 2.30. The highest BCUT2D eigenvalue weighted by molar-refractivity contribution is 9.10. The number of quaternary nitrogens is 1. The molecule has 0 heterocycles. The maximum absolute atomic E-state index is 11.4. The summed E-state index contributed by atoms with van der Waals surface area (Å²) in [5, 5.41) is 2.62. The van der Waals surface area contributed by atoms with Gasteiger partial charge in [-0.25, -0.2) is 4.79 Å². The number of ether oxygens (including phenoxy) is 1. The first-order valence-corrected chi connectivity index (χ1v) is 6.62. The van der Waals surface area contributed by atoms with Crippen LogP contribution in [0.3, 0.4) is 0 Å². The van der Waals surface area contributed by atoms with Crippen molar-refractivity contribution in [3.05, 3.63) is 28.7 Å². The van der Waals surface area contributed by atoms with E-state index in [1.54, 1.807) is 12.1 Å². The van der Waals surface area contributed by atoms with Crippen molar-refractivity contribution in [3.8, 4) is 11.8 Å². The van der Waals surface area contributed by atoms with Gasteiger partial charge in [-0.3, -0.25) is 5.32 Å². The molecular weight excluding hydrogens is 435 g/mol. The van der Waals surface area contributed by atoms with Crippen LogP contribution < -0.4 is 29.3 Å². The minimum absolute atomic E-state index is 0. The van der Waals surface area contributed by atoms with Gasteiger partial charge in [0.15, 0.2) is 6.61 Å². The number of hydrogen-bond donors (Lipinski definition) is 1. The lowest BCUT2D eigenvalue weighted by Crippen LogP contribution is -3.00.